The van der Waals surface area contributed by atoms with E-state index in [0.717, 1.165) is 5.56 Å². The molecule has 0 unspecified atom stereocenters. The number of likely N-dealkylation sites (tertiary alicyclic amines) is 1. The van der Waals surface area contributed by atoms with Crippen LogP contribution in [0, 0.1) is 0 Å². The summed E-state index contributed by atoms with van der Waals surface area (Å²) in [5, 5.41) is 10.9. The number of rotatable bonds is 5. The number of hydrogen-bond donors (Lipinski definition) is 2. The summed E-state index contributed by atoms with van der Waals surface area (Å²) in [5.41, 5.74) is 0.863. The summed E-state index contributed by atoms with van der Waals surface area (Å²) in [6, 6.07) is 8.59. The van der Waals surface area contributed by atoms with Crippen LogP contribution in [0.5, 0.6) is 0 Å². The molecule has 1 aromatic rings. The van der Waals surface area contributed by atoms with E-state index in [1.165, 1.54) is 4.90 Å². The zero-order valence-electron chi connectivity index (χ0n) is 12.0. The Bertz CT molecular complexity index is 546. The Morgan fingerprint density at radius 3 is 2.68 bits per heavy atom. The van der Waals surface area contributed by atoms with Gasteiger partial charge in [-0.15, -0.1) is 0 Å². The van der Waals surface area contributed by atoms with Crippen molar-refractivity contribution in [2.75, 3.05) is 13.1 Å². The molecule has 1 heterocycles. The number of nitrogens with one attached hydrogen (secondary N) is 1. The maximum absolute atomic E-state index is 12.1. The molecule has 118 valence electrons. The summed E-state index contributed by atoms with van der Waals surface area (Å²) < 4.78 is 5.21. The van der Waals surface area contributed by atoms with Gasteiger partial charge in [0.25, 0.3) is 0 Å². The van der Waals surface area contributed by atoms with E-state index in [1.807, 2.05) is 30.3 Å². The Balaban J connectivity index is 1.87. The highest BCUT2D eigenvalue weighted by atomic mass is 16.6. The van der Waals surface area contributed by atoms with E-state index in [2.05, 4.69) is 5.32 Å². The number of benzene rings is 1. The Morgan fingerprint density at radius 1 is 1.27 bits per heavy atom. The Hall–Kier alpha value is -2.57. The lowest BCUT2D eigenvalue weighted by Gasteiger charge is -2.23. The van der Waals surface area contributed by atoms with Gasteiger partial charge in [-0.05, 0) is 18.4 Å². The van der Waals surface area contributed by atoms with Gasteiger partial charge in [-0.25, -0.2) is 4.79 Å². The van der Waals surface area contributed by atoms with Crippen molar-refractivity contribution in [3.8, 4) is 0 Å². The third-order valence-electron chi connectivity index (χ3n) is 3.41. The van der Waals surface area contributed by atoms with Crippen LogP contribution in [0.25, 0.3) is 0 Å². The Kier molecular flexibility index (Phi) is 5.35. The first-order chi connectivity index (χ1) is 10.6. The van der Waals surface area contributed by atoms with Crippen LogP contribution in [0.2, 0.25) is 0 Å². The van der Waals surface area contributed by atoms with Crippen molar-refractivity contribution < 1.29 is 24.2 Å². The normalized spacial score (nSPS) is 17.1. The molecule has 1 fully saturated rings. The number of hydrogen-bond acceptors (Lipinski definition) is 4. The molecule has 0 saturated carbocycles. The number of carbonyl (C=O) groups excluding carboxylic acids is 2. The summed E-state index contributed by atoms with van der Waals surface area (Å²) in [7, 11) is 0. The number of carboxylic acid groups (broad SMARTS) is 1. The lowest BCUT2D eigenvalue weighted by Crippen LogP contribution is -2.47. The molecule has 2 N–H and O–H groups in total. The highest BCUT2D eigenvalue weighted by Gasteiger charge is 2.35. The van der Waals surface area contributed by atoms with E-state index in [4.69, 9.17) is 9.84 Å². The van der Waals surface area contributed by atoms with Crippen LogP contribution < -0.4 is 5.32 Å². The summed E-state index contributed by atoms with van der Waals surface area (Å²) in [6.45, 7) is 0.112. The van der Waals surface area contributed by atoms with Crippen LogP contribution in [-0.4, -0.2) is 47.1 Å². The van der Waals surface area contributed by atoms with Crippen molar-refractivity contribution >= 4 is 18.0 Å². The van der Waals surface area contributed by atoms with Crippen molar-refractivity contribution in [2.24, 2.45) is 0 Å². The molecule has 1 aromatic carbocycles. The number of carboxylic acids is 1. The quantitative estimate of drug-likeness (QED) is 0.845. The number of nitrogens with zero attached hydrogens (tertiary/aromatic N) is 1. The van der Waals surface area contributed by atoms with Crippen LogP contribution >= 0.6 is 0 Å². The monoisotopic (exact) mass is 306 g/mol. The van der Waals surface area contributed by atoms with E-state index in [0.29, 0.717) is 19.4 Å². The predicted octanol–water partition coefficient (Wildman–Crippen LogP) is 0.988. The molecule has 2 amide bonds. The Morgan fingerprint density at radius 2 is 2.00 bits per heavy atom. The van der Waals surface area contributed by atoms with Crippen LogP contribution in [0.15, 0.2) is 30.3 Å². The molecule has 1 aliphatic rings. The summed E-state index contributed by atoms with van der Waals surface area (Å²) in [5.74, 6) is -1.58. The Labute approximate surface area is 127 Å². The number of ether oxygens (including phenoxy) is 1. The smallest absolute Gasteiger partial charge is 0.410 e. The van der Waals surface area contributed by atoms with Gasteiger partial charge in [-0.2, -0.15) is 0 Å². The molecular formula is C15H18N2O5. The molecule has 1 aliphatic heterocycles. The first kappa shape index (κ1) is 15.8. The molecule has 0 aromatic heterocycles. The highest BCUT2D eigenvalue weighted by Crippen LogP contribution is 2.19. The molecular weight excluding hydrogens is 288 g/mol. The number of amides is 2. The molecule has 0 spiro atoms. The van der Waals surface area contributed by atoms with E-state index < -0.39 is 30.6 Å². The molecule has 1 atom stereocenters. The fourth-order valence-corrected chi connectivity index (χ4v) is 2.34. The minimum atomic E-state index is -1.12. The van der Waals surface area contributed by atoms with E-state index >= 15 is 0 Å². The molecule has 0 aliphatic carbocycles. The third-order valence-corrected chi connectivity index (χ3v) is 3.41. The van der Waals surface area contributed by atoms with Gasteiger partial charge in [-0.3, -0.25) is 14.5 Å². The lowest BCUT2D eigenvalue weighted by atomic mass is 10.2. The summed E-state index contributed by atoms with van der Waals surface area (Å²) in [6.07, 6.45) is 0.633. The second-order valence-corrected chi connectivity index (χ2v) is 5.00. The van der Waals surface area contributed by atoms with E-state index in [9.17, 15) is 14.4 Å². The van der Waals surface area contributed by atoms with Crippen LogP contribution in [0.4, 0.5) is 4.79 Å². The number of carbonyl (C=O) groups is 3. The van der Waals surface area contributed by atoms with Crippen LogP contribution in [-0.2, 0) is 20.9 Å². The van der Waals surface area contributed by atoms with Crippen LogP contribution in [0.3, 0.4) is 0 Å². The SMILES string of the molecule is O=C(O)CNC(=O)[C@@H]1CCCN1C(=O)OCc1ccccc1. The third kappa shape index (κ3) is 4.21. The molecule has 0 radical (unpaired) electrons. The van der Waals surface area contributed by atoms with E-state index in [1.54, 1.807) is 0 Å². The zero-order valence-corrected chi connectivity index (χ0v) is 12.0. The van der Waals surface area contributed by atoms with Crippen LogP contribution in [0.1, 0.15) is 18.4 Å². The molecule has 7 heteroatoms. The second-order valence-electron chi connectivity index (χ2n) is 5.00. The topological polar surface area (TPSA) is 95.9 Å². The molecule has 22 heavy (non-hydrogen) atoms. The van der Waals surface area contributed by atoms with Gasteiger partial charge < -0.3 is 15.2 Å². The van der Waals surface area contributed by atoms with Crippen molar-refractivity contribution in [1.82, 2.24) is 10.2 Å². The molecule has 2 rings (SSSR count). The standard InChI is InChI=1S/C15H18N2O5/c18-13(19)9-16-14(20)12-7-4-8-17(12)15(21)22-10-11-5-2-1-3-6-11/h1-3,5-6,12H,4,7-10H2,(H,16,20)(H,18,19)/t12-/m0/s1. The molecule has 7 nitrogen and oxygen atoms in total. The fourth-order valence-electron chi connectivity index (χ4n) is 2.34. The molecule has 0 bridgehead atoms. The van der Waals surface area contributed by atoms with Gasteiger partial charge in [0.05, 0.1) is 0 Å². The van der Waals surface area contributed by atoms with Gasteiger partial charge >= 0.3 is 12.1 Å². The first-order valence-corrected chi connectivity index (χ1v) is 7.05. The van der Waals surface area contributed by atoms with Crippen molar-refractivity contribution in [1.29, 1.82) is 0 Å². The summed E-state index contributed by atoms with van der Waals surface area (Å²) in [4.78, 5) is 35.8. The first-order valence-electron chi connectivity index (χ1n) is 7.05. The van der Waals surface area contributed by atoms with Gasteiger partial charge in [-0.1, -0.05) is 30.3 Å². The lowest BCUT2D eigenvalue weighted by molar-refractivity contribution is -0.138. The fraction of sp³-hybridized carbons (Fsp3) is 0.400. The average Bonchev–Trinajstić information content (AvgIpc) is 3.01. The average molecular weight is 306 g/mol. The van der Waals surface area contributed by atoms with Gasteiger partial charge in [0, 0.05) is 6.54 Å². The minimum absolute atomic E-state index is 0.139. The van der Waals surface area contributed by atoms with Crippen molar-refractivity contribution in [2.45, 2.75) is 25.5 Å². The van der Waals surface area contributed by atoms with E-state index in [-0.39, 0.29) is 6.61 Å². The largest absolute Gasteiger partial charge is 0.480 e. The van der Waals surface area contributed by atoms with Crippen molar-refractivity contribution in [3.05, 3.63) is 35.9 Å². The minimum Gasteiger partial charge on any atom is -0.480 e. The highest BCUT2D eigenvalue weighted by molar-refractivity contribution is 5.88. The van der Waals surface area contributed by atoms with Gasteiger partial charge in [0.15, 0.2) is 0 Å². The van der Waals surface area contributed by atoms with Gasteiger partial charge in [0.1, 0.15) is 19.2 Å². The van der Waals surface area contributed by atoms with Crippen molar-refractivity contribution in [3.63, 3.8) is 0 Å². The van der Waals surface area contributed by atoms with Gasteiger partial charge in [0.2, 0.25) is 5.91 Å². The maximum Gasteiger partial charge on any atom is 0.410 e. The number of aliphatic carboxylic acids is 1. The second kappa shape index (κ2) is 7.44. The molecule has 1 saturated heterocycles. The maximum atomic E-state index is 12.1. The predicted molar refractivity (Wildman–Crippen MR) is 77.0 cm³/mol. The zero-order chi connectivity index (χ0) is 15.9. The summed E-state index contributed by atoms with van der Waals surface area (Å²) >= 11 is 0.